The minimum atomic E-state index is -0.772. The summed E-state index contributed by atoms with van der Waals surface area (Å²) in [6, 6.07) is 0. The number of allylic oxidation sites excluding steroid dienone is 4. The van der Waals surface area contributed by atoms with Crippen molar-refractivity contribution in [3.8, 4) is 0 Å². The number of unbranched alkanes of at least 4 members (excludes halogenated alkanes) is 38. The van der Waals surface area contributed by atoms with Crippen molar-refractivity contribution < 1.29 is 28.6 Å². The van der Waals surface area contributed by atoms with E-state index < -0.39 is 6.10 Å². The molecule has 0 aliphatic heterocycles. The van der Waals surface area contributed by atoms with E-state index in [-0.39, 0.29) is 31.1 Å². The lowest BCUT2D eigenvalue weighted by atomic mass is 10.0. The van der Waals surface area contributed by atoms with Crippen LogP contribution >= 0.6 is 0 Å². The summed E-state index contributed by atoms with van der Waals surface area (Å²) >= 11 is 0. The predicted molar refractivity (Wildman–Crippen MR) is 279 cm³/mol. The lowest BCUT2D eigenvalue weighted by Crippen LogP contribution is -2.30. The summed E-state index contributed by atoms with van der Waals surface area (Å²) in [6.45, 7) is 6.60. The zero-order valence-electron chi connectivity index (χ0n) is 43.8. The van der Waals surface area contributed by atoms with Crippen molar-refractivity contribution in [2.45, 2.75) is 322 Å². The number of hydrogen-bond donors (Lipinski definition) is 0. The minimum absolute atomic E-state index is 0.0725. The highest BCUT2D eigenvalue weighted by molar-refractivity contribution is 5.71. The van der Waals surface area contributed by atoms with Crippen molar-refractivity contribution in [1.82, 2.24) is 0 Å². The lowest BCUT2D eigenvalue weighted by Gasteiger charge is -2.18. The van der Waals surface area contributed by atoms with E-state index in [0.717, 1.165) is 77.0 Å². The molecule has 382 valence electrons. The molecule has 0 saturated heterocycles. The number of rotatable bonds is 53. The van der Waals surface area contributed by atoms with Crippen LogP contribution in [-0.2, 0) is 28.6 Å². The molecule has 0 fully saturated rings. The number of hydrogen-bond acceptors (Lipinski definition) is 6. The van der Waals surface area contributed by atoms with Gasteiger partial charge in [-0.25, -0.2) is 0 Å². The third kappa shape index (κ3) is 52.7. The summed E-state index contributed by atoms with van der Waals surface area (Å²) in [5, 5.41) is 0. The molecular formula is C59H110O6. The first-order chi connectivity index (χ1) is 32.0. The Hall–Kier alpha value is -2.11. The molecule has 0 spiro atoms. The molecule has 0 aromatic carbocycles. The van der Waals surface area contributed by atoms with Gasteiger partial charge in [-0.3, -0.25) is 14.4 Å². The highest BCUT2D eigenvalue weighted by Gasteiger charge is 2.19. The van der Waals surface area contributed by atoms with E-state index in [9.17, 15) is 14.4 Å². The topological polar surface area (TPSA) is 78.9 Å². The quantitative estimate of drug-likeness (QED) is 0.0262. The number of carbonyl (C=O) groups is 3. The molecule has 0 heterocycles. The van der Waals surface area contributed by atoms with Gasteiger partial charge < -0.3 is 14.2 Å². The normalized spacial score (nSPS) is 12.1. The molecule has 0 saturated carbocycles. The van der Waals surface area contributed by atoms with Gasteiger partial charge in [0.2, 0.25) is 0 Å². The van der Waals surface area contributed by atoms with Gasteiger partial charge in [-0.1, -0.05) is 270 Å². The molecule has 0 aromatic heterocycles. The van der Waals surface area contributed by atoms with E-state index in [0.29, 0.717) is 19.3 Å². The highest BCUT2D eigenvalue weighted by Crippen LogP contribution is 2.17. The van der Waals surface area contributed by atoms with Crippen LogP contribution in [0.3, 0.4) is 0 Å². The Balaban J connectivity index is 4.09. The van der Waals surface area contributed by atoms with Crippen LogP contribution in [0.2, 0.25) is 0 Å². The molecule has 6 nitrogen and oxygen atoms in total. The summed E-state index contributed by atoms with van der Waals surface area (Å²) in [7, 11) is 0. The molecule has 6 heteroatoms. The fourth-order valence-electron chi connectivity index (χ4n) is 8.59. The Bertz CT molecular complexity index is 1050. The van der Waals surface area contributed by atoms with Crippen LogP contribution in [0, 0.1) is 0 Å². The van der Waals surface area contributed by atoms with Gasteiger partial charge >= 0.3 is 17.9 Å². The Morgan fingerprint density at radius 2 is 0.554 bits per heavy atom. The van der Waals surface area contributed by atoms with Gasteiger partial charge in [0.1, 0.15) is 13.2 Å². The summed E-state index contributed by atoms with van der Waals surface area (Å²) < 4.78 is 16.8. The summed E-state index contributed by atoms with van der Waals surface area (Å²) in [5.74, 6) is -0.876. The highest BCUT2D eigenvalue weighted by atomic mass is 16.6. The van der Waals surface area contributed by atoms with Gasteiger partial charge in [0, 0.05) is 19.3 Å². The first-order valence-corrected chi connectivity index (χ1v) is 28.8. The first-order valence-electron chi connectivity index (χ1n) is 28.8. The van der Waals surface area contributed by atoms with Gasteiger partial charge in [-0.15, -0.1) is 0 Å². The molecule has 0 radical (unpaired) electrons. The van der Waals surface area contributed by atoms with Gasteiger partial charge in [0.15, 0.2) is 6.10 Å². The molecule has 65 heavy (non-hydrogen) atoms. The van der Waals surface area contributed by atoms with Crippen LogP contribution in [0.4, 0.5) is 0 Å². The molecule has 0 aliphatic rings. The van der Waals surface area contributed by atoms with Crippen molar-refractivity contribution in [2.75, 3.05) is 13.2 Å². The Labute approximate surface area is 404 Å². The van der Waals surface area contributed by atoms with Crippen LogP contribution in [0.25, 0.3) is 0 Å². The molecule has 0 aromatic rings. The zero-order chi connectivity index (χ0) is 47.2. The molecule has 0 aliphatic carbocycles. The minimum Gasteiger partial charge on any atom is -0.462 e. The average Bonchev–Trinajstić information content (AvgIpc) is 3.30. The largest absolute Gasteiger partial charge is 0.462 e. The number of esters is 3. The second-order valence-corrected chi connectivity index (χ2v) is 19.6. The number of ether oxygens (including phenoxy) is 3. The maximum absolute atomic E-state index is 12.8. The van der Waals surface area contributed by atoms with Gasteiger partial charge in [0.05, 0.1) is 0 Å². The van der Waals surface area contributed by atoms with E-state index in [1.807, 2.05) is 0 Å². The first kappa shape index (κ1) is 62.9. The molecule has 0 amide bonds. The second-order valence-electron chi connectivity index (χ2n) is 19.6. The van der Waals surface area contributed by atoms with Crippen LogP contribution in [0.15, 0.2) is 24.3 Å². The van der Waals surface area contributed by atoms with Crippen LogP contribution < -0.4 is 0 Å². The van der Waals surface area contributed by atoms with Crippen LogP contribution in [0.5, 0.6) is 0 Å². The van der Waals surface area contributed by atoms with E-state index in [1.54, 1.807) is 0 Å². The van der Waals surface area contributed by atoms with Crippen LogP contribution in [0.1, 0.15) is 316 Å². The maximum Gasteiger partial charge on any atom is 0.306 e. The third-order valence-corrected chi connectivity index (χ3v) is 13.0. The number of carbonyl (C=O) groups excluding carboxylic acids is 3. The van der Waals surface area contributed by atoms with Crippen molar-refractivity contribution in [3.63, 3.8) is 0 Å². The van der Waals surface area contributed by atoms with Gasteiger partial charge in [-0.05, 0) is 51.4 Å². The van der Waals surface area contributed by atoms with Crippen molar-refractivity contribution in [3.05, 3.63) is 24.3 Å². The summed E-state index contributed by atoms with van der Waals surface area (Å²) in [4.78, 5) is 37.9. The Kier molecular flexibility index (Phi) is 52.7. The van der Waals surface area contributed by atoms with Crippen molar-refractivity contribution in [1.29, 1.82) is 0 Å². The molecular weight excluding hydrogens is 805 g/mol. The van der Waals surface area contributed by atoms with Crippen molar-refractivity contribution >= 4 is 17.9 Å². The molecule has 1 atom stereocenters. The molecule has 0 N–H and O–H groups in total. The summed E-state index contributed by atoms with van der Waals surface area (Å²) in [5.41, 5.74) is 0. The average molecular weight is 916 g/mol. The Morgan fingerprint density at radius 1 is 0.308 bits per heavy atom. The zero-order valence-corrected chi connectivity index (χ0v) is 43.8. The molecule has 0 bridgehead atoms. The maximum atomic E-state index is 12.8. The van der Waals surface area contributed by atoms with Crippen molar-refractivity contribution in [2.24, 2.45) is 0 Å². The second kappa shape index (κ2) is 54.5. The third-order valence-electron chi connectivity index (χ3n) is 13.0. The van der Waals surface area contributed by atoms with E-state index in [2.05, 4.69) is 45.1 Å². The van der Waals surface area contributed by atoms with E-state index in [4.69, 9.17) is 14.2 Å². The fraction of sp³-hybridized carbons (Fsp3) is 0.881. The fourth-order valence-corrected chi connectivity index (χ4v) is 8.59. The van der Waals surface area contributed by atoms with E-state index >= 15 is 0 Å². The van der Waals surface area contributed by atoms with E-state index in [1.165, 1.54) is 199 Å². The Morgan fingerprint density at radius 3 is 0.877 bits per heavy atom. The molecule has 0 rings (SSSR count). The van der Waals surface area contributed by atoms with Crippen LogP contribution in [-0.4, -0.2) is 37.2 Å². The monoisotopic (exact) mass is 915 g/mol. The van der Waals surface area contributed by atoms with Gasteiger partial charge in [-0.2, -0.15) is 0 Å². The lowest BCUT2D eigenvalue weighted by molar-refractivity contribution is -0.167. The SMILES string of the molecule is CCCCC/C=C\C/C=C\CCCCCCCC(=O)OC(COC(=O)CCCCCCCCC)COC(=O)CCCCCCCCCCCCCCCCCCCCCCCCCCC. The van der Waals surface area contributed by atoms with Gasteiger partial charge in [0.25, 0.3) is 0 Å². The predicted octanol–water partition coefficient (Wildman–Crippen LogP) is 19.1. The smallest absolute Gasteiger partial charge is 0.306 e. The standard InChI is InChI=1S/C59H110O6/c1-4-7-10-13-16-18-20-22-24-25-26-27-28-29-30-31-32-33-35-36-38-40-43-46-49-52-58(61)64-55-56(54-63-57(60)51-48-45-42-15-12-9-6-3)65-59(62)53-50-47-44-41-39-37-34-23-21-19-17-14-11-8-5-2/h17,19,23,34,56H,4-16,18,20-22,24-33,35-55H2,1-3H3/b19-17-,34-23-. The molecule has 1 unspecified atom stereocenters. The summed E-state index contributed by atoms with van der Waals surface area (Å²) in [6.07, 6.45) is 63.5.